The van der Waals surface area contributed by atoms with Gasteiger partial charge in [0.15, 0.2) is 17.5 Å². The van der Waals surface area contributed by atoms with Crippen LogP contribution in [0.15, 0.2) is 192 Å². The van der Waals surface area contributed by atoms with E-state index in [2.05, 4.69) is 170 Å². The van der Waals surface area contributed by atoms with Crippen molar-refractivity contribution < 1.29 is 4.42 Å². The van der Waals surface area contributed by atoms with Gasteiger partial charge in [-0.3, -0.25) is 0 Å². The molecule has 2 heterocycles. The van der Waals surface area contributed by atoms with Gasteiger partial charge in [-0.15, -0.1) is 0 Å². The predicted molar refractivity (Wildman–Crippen MR) is 235 cm³/mol. The van der Waals surface area contributed by atoms with E-state index in [4.69, 9.17) is 19.4 Å². The Bertz CT molecular complexity index is 3480. The summed E-state index contributed by atoms with van der Waals surface area (Å²) in [4.78, 5) is 16.1. The standard InChI is InChI=1S/C54H31N3O/c1-2-15-35-32(13-1)27-28-33-14-11-21-42(49(33)35)52-55-51(56-53(57-52)43-22-12-20-41-40-19-6-10-26-48(40)58-50(41)43)34-29-30-39-38-18-5-9-25-46(38)54(47(39)31-34)44-23-7-3-16-36(44)37-17-4-8-24-45(37)54/h1-31H. The van der Waals surface area contributed by atoms with Gasteiger partial charge < -0.3 is 4.42 Å². The number of hydrogen-bond acceptors (Lipinski definition) is 4. The summed E-state index contributed by atoms with van der Waals surface area (Å²) in [5.41, 5.74) is 14.0. The lowest BCUT2D eigenvalue weighted by Crippen LogP contribution is -2.25. The number of benzene rings is 9. The molecule has 268 valence electrons. The lowest BCUT2D eigenvalue weighted by Gasteiger charge is -2.30. The summed E-state index contributed by atoms with van der Waals surface area (Å²) >= 11 is 0. The van der Waals surface area contributed by atoms with Gasteiger partial charge in [-0.2, -0.15) is 0 Å². The molecule has 11 aromatic rings. The molecule has 0 radical (unpaired) electrons. The number of nitrogens with zero attached hydrogens (tertiary/aromatic N) is 3. The zero-order chi connectivity index (χ0) is 38.0. The highest BCUT2D eigenvalue weighted by molar-refractivity contribution is 6.14. The molecule has 0 aliphatic heterocycles. The maximum atomic E-state index is 6.58. The van der Waals surface area contributed by atoms with Gasteiger partial charge >= 0.3 is 0 Å². The molecule has 0 unspecified atom stereocenters. The van der Waals surface area contributed by atoms with Gasteiger partial charge in [-0.25, -0.2) is 15.0 Å². The summed E-state index contributed by atoms with van der Waals surface area (Å²) in [5.74, 6) is 1.79. The summed E-state index contributed by atoms with van der Waals surface area (Å²) < 4.78 is 6.58. The molecule has 0 saturated heterocycles. The Morgan fingerprint density at radius 1 is 0.345 bits per heavy atom. The van der Waals surface area contributed by atoms with Crippen LogP contribution in [0.1, 0.15) is 22.3 Å². The normalized spacial score (nSPS) is 13.3. The highest BCUT2D eigenvalue weighted by atomic mass is 16.3. The fraction of sp³-hybridized carbons (Fsp3) is 0.0185. The quantitative estimate of drug-likeness (QED) is 0.169. The van der Waals surface area contributed by atoms with Crippen molar-refractivity contribution in [2.24, 2.45) is 0 Å². The van der Waals surface area contributed by atoms with Crippen LogP contribution < -0.4 is 0 Å². The van der Waals surface area contributed by atoms with Crippen LogP contribution in [-0.2, 0) is 5.41 Å². The fourth-order valence-corrected chi connectivity index (χ4v) is 10.1. The molecule has 2 aromatic heterocycles. The molecule has 0 bridgehead atoms. The van der Waals surface area contributed by atoms with E-state index >= 15 is 0 Å². The Labute approximate surface area is 333 Å². The predicted octanol–water partition coefficient (Wildman–Crippen LogP) is 13.4. The Hall–Kier alpha value is -7.69. The van der Waals surface area contributed by atoms with Crippen molar-refractivity contribution in [3.63, 3.8) is 0 Å². The molecule has 0 saturated carbocycles. The van der Waals surface area contributed by atoms with Crippen LogP contribution in [0.3, 0.4) is 0 Å². The second-order valence-electron chi connectivity index (χ2n) is 15.4. The summed E-state index contributed by atoms with van der Waals surface area (Å²) in [5, 5.41) is 6.68. The minimum atomic E-state index is -0.484. The molecule has 0 N–H and O–H groups in total. The molecule has 0 fully saturated rings. The van der Waals surface area contributed by atoms with Crippen molar-refractivity contribution in [3.05, 3.63) is 210 Å². The van der Waals surface area contributed by atoms with E-state index in [0.717, 1.165) is 54.8 Å². The zero-order valence-corrected chi connectivity index (χ0v) is 31.1. The third-order valence-corrected chi connectivity index (χ3v) is 12.5. The number of rotatable bonds is 3. The number of fused-ring (bicyclic) bond motifs is 16. The topological polar surface area (TPSA) is 51.8 Å². The summed E-state index contributed by atoms with van der Waals surface area (Å²) in [6, 6.07) is 67.3. The van der Waals surface area contributed by atoms with Gasteiger partial charge in [0.1, 0.15) is 11.2 Å². The average Bonchev–Trinajstić information content (AvgIpc) is 3.93. The van der Waals surface area contributed by atoms with E-state index in [-0.39, 0.29) is 0 Å². The summed E-state index contributed by atoms with van der Waals surface area (Å²) in [6.07, 6.45) is 0. The van der Waals surface area contributed by atoms with Crippen LogP contribution in [0, 0.1) is 0 Å². The third kappa shape index (κ3) is 4.16. The first-order valence-corrected chi connectivity index (χ1v) is 19.8. The molecule has 1 spiro atoms. The van der Waals surface area contributed by atoms with Gasteiger partial charge in [-0.1, -0.05) is 170 Å². The maximum absolute atomic E-state index is 6.58. The molecule has 2 aliphatic carbocycles. The van der Waals surface area contributed by atoms with Crippen molar-refractivity contribution in [2.75, 3.05) is 0 Å². The number of para-hydroxylation sites is 2. The highest BCUT2D eigenvalue weighted by Crippen LogP contribution is 2.63. The van der Waals surface area contributed by atoms with Crippen LogP contribution in [0.2, 0.25) is 0 Å². The van der Waals surface area contributed by atoms with Crippen LogP contribution in [-0.4, -0.2) is 15.0 Å². The number of furan rings is 1. The lowest BCUT2D eigenvalue weighted by atomic mass is 9.70. The highest BCUT2D eigenvalue weighted by Gasteiger charge is 2.51. The second-order valence-corrected chi connectivity index (χ2v) is 15.4. The molecular weight excluding hydrogens is 707 g/mol. The SMILES string of the molecule is c1ccc2c(c1)-c1ccccc1C21c2ccccc2-c2ccc(-c3nc(-c4cccc5c4oc4ccccc45)nc(-c4cccc5ccc6ccccc6c45)n3)cc21. The second kappa shape index (κ2) is 11.7. The molecule has 13 rings (SSSR count). The third-order valence-electron chi connectivity index (χ3n) is 12.5. The van der Waals surface area contributed by atoms with Gasteiger partial charge in [-0.05, 0) is 78.9 Å². The molecule has 58 heavy (non-hydrogen) atoms. The van der Waals surface area contributed by atoms with Crippen molar-refractivity contribution in [2.45, 2.75) is 5.41 Å². The molecule has 4 nitrogen and oxygen atoms in total. The van der Waals surface area contributed by atoms with Crippen molar-refractivity contribution in [1.82, 2.24) is 15.0 Å². The first-order chi connectivity index (χ1) is 28.8. The zero-order valence-electron chi connectivity index (χ0n) is 31.1. The molecule has 9 aromatic carbocycles. The number of aromatic nitrogens is 3. The van der Waals surface area contributed by atoms with E-state index in [9.17, 15) is 0 Å². The van der Waals surface area contributed by atoms with Gasteiger partial charge in [0.25, 0.3) is 0 Å². The Morgan fingerprint density at radius 2 is 0.862 bits per heavy atom. The fourth-order valence-electron chi connectivity index (χ4n) is 10.1. The first kappa shape index (κ1) is 31.5. The van der Waals surface area contributed by atoms with Gasteiger partial charge in [0.05, 0.1) is 11.0 Å². The van der Waals surface area contributed by atoms with Crippen molar-refractivity contribution >= 4 is 43.5 Å². The minimum Gasteiger partial charge on any atom is -0.455 e. The van der Waals surface area contributed by atoms with Crippen LogP contribution in [0.5, 0.6) is 0 Å². The lowest BCUT2D eigenvalue weighted by molar-refractivity contribution is 0.669. The Balaban J connectivity index is 1.11. The van der Waals surface area contributed by atoms with E-state index in [1.165, 1.54) is 49.9 Å². The largest absolute Gasteiger partial charge is 0.455 e. The van der Waals surface area contributed by atoms with Crippen LogP contribution >= 0.6 is 0 Å². The molecular formula is C54H31N3O. The Kier molecular flexibility index (Phi) is 6.34. The van der Waals surface area contributed by atoms with E-state index in [1.54, 1.807) is 0 Å². The Morgan fingerprint density at radius 3 is 1.62 bits per heavy atom. The maximum Gasteiger partial charge on any atom is 0.167 e. The molecule has 0 atom stereocenters. The van der Waals surface area contributed by atoms with Gasteiger partial charge in [0, 0.05) is 27.3 Å². The molecule has 4 heteroatoms. The van der Waals surface area contributed by atoms with Gasteiger partial charge in [0.2, 0.25) is 0 Å². The van der Waals surface area contributed by atoms with Crippen LogP contribution in [0.4, 0.5) is 0 Å². The molecule has 2 aliphatic rings. The van der Waals surface area contributed by atoms with Crippen molar-refractivity contribution in [3.8, 4) is 56.4 Å². The first-order valence-electron chi connectivity index (χ1n) is 19.8. The smallest absolute Gasteiger partial charge is 0.167 e. The monoisotopic (exact) mass is 737 g/mol. The summed E-state index contributed by atoms with van der Waals surface area (Å²) in [7, 11) is 0. The van der Waals surface area contributed by atoms with E-state index < -0.39 is 5.41 Å². The summed E-state index contributed by atoms with van der Waals surface area (Å²) in [6.45, 7) is 0. The molecule has 0 amide bonds. The average molecular weight is 738 g/mol. The van der Waals surface area contributed by atoms with Crippen LogP contribution in [0.25, 0.3) is 99.9 Å². The van der Waals surface area contributed by atoms with E-state index in [0.29, 0.717) is 17.5 Å². The minimum absolute atomic E-state index is 0.484. The van der Waals surface area contributed by atoms with Crippen molar-refractivity contribution in [1.29, 1.82) is 0 Å². The number of hydrogen-bond donors (Lipinski definition) is 0. The van der Waals surface area contributed by atoms with E-state index in [1.807, 2.05) is 18.2 Å².